The number of nitrogens with two attached hydrogens (primary N) is 1. The Morgan fingerprint density at radius 2 is 1.90 bits per heavy atom. The van der Waals surface area contributed by atoms with E-state index in [-0.39, 0.29) is 11.2 Å². The Balaban J connectivity index is 2.14. The molecule has 1 fully saturated rings. The second-order valence-corrected chi connectivity index (χ2v) is 5.31. The molecule has 1 aliphatic carbocycles. The van der Waals surface area contributed by atoms with Crippen LogP contribution < -0.4 is 5.73 Å². The molecule has 1 aromatic carbocycles. The van der Waals surface area contributed by atoms with Crippen LogP contribution in [-0.2, 0) is 5.41 Å². The Morgan fingerprint density at radius 3 is 2.40 bits per heavy atom. The summed E-state index contributed by atoms with van der Waals surface area (Å²) in [4.78, 5) is 8.98. The molecule has 2 aromatic rings. The van der Waals surface area contributed by atoms with Crippen molar-refractivity contribution < 1.29 is 0 Å². The highest BCUT2D eigenvalue weighted by molar-refractivity contribution is 5.52. The van der Waals surface area contributed by atoms with Crippen molar-refractivity contribution in [3.05, 3.63) is 53.0 Å². The number of nitrogen functional groups attached to an aromatic ring is 1. The summed E-state index contributed by atoms with van der Waals surface area (Å²) < 4.78 is 0. The van der Waals surface area contributed by atoms with Gasteiger partial charge >= 0.3 is 0 Å². The van der Waals surface area contributed by atoms with Gasteiger partial charge in [-0.25, -0.2) is 9.97 Å². The van der Waals surface area contributed by atoms with Gasteiger partial charge in [0.15, 0.2) is 0 Å². The molecule has 0 saturated heterocycles. The van der Waals surface area contributed by atoms with Crippen molar-refractivity contribution >= 4 is 5.82 Å². The number of hydrogen-bond donors (Lipinski definition) is 1. The first-order valence-electron chi connectivity index (χ1n) is 6.77. The highest BCUT2D eigenvalue weighted by Crippen LogP contribution is 2.47. The summed E-state index contributed by atoms with van der Waals surface area (Å²) in [6, 6.07) is 12.4. The Labute approximate surface area is 118 Å². The third-order valence-electron chi connectivity index (χ3n) is 4.19. The minimum atomic E-state index is -0.131. The minimum absolute atomic E-state index is 0.131. The first-order valence-corrected chi connectivity index (χ1v) is 6.77. The summed E-state index contributed by atoms with van der Waals surface area (Å²) >= 11 is 0. The Bertz CT molecular complexity index is 658. The average molecular weight is 264 g/mol. The molecule has 1 saturated carbocycles. The van der Waals surface area contributed by atoms with Crippen LogP contribution in [0.25, 0.3) is 0 Å². The predicted octanol–water partition coefficient (Wildman–Crippen LogP) is 2.71. The van der Waals surface area contributed by atoms with E-state index in [2.05, 4.69) is 28.2 Å². The first-order chi connectivity index (χ1) is 9.67. The zero-order valence-electron chi connectivity index (χ0n) is 11.4. The zero-order chi connectivity index (χ0) is 14.2. The van der Waals surface area contributed by atoms with E-state index >= 15 is 0 Å². The summed E-state index contributed by atoms with van der Waals surface area (Å²) in [6.45, 7) is 1.82. The minimum Gasteiger partial charge on any atom is -0.382 e. The molecule has 20 heavy (non-hydrogen) atoms. The van der Waals surface area contributed by atoms with E-state index < -0.39 is 0 Å². The van der Waals surface area contributed by atoms with E-state index in [0.29, 0.717) is 11.3 Å². The maximum absolute atomic E-state index is 9.07. The molecular weight excluding hydrogens is 248 g/mol. The standard InChI is InChI=1S/C16H16N4/c1-11-13(10-17)14(18)20-15(19-11)16(8-5-9-16)12-6-3-2-4-7-12/h2-4,6-7H,5,8-9H2,1H3,(H2,18,19,20). The second kappa shape index (κ2) is 4.61. The molecule has 0 bridgehead atoms. The Morgan fingerprint density at radius 1 is 1.20 bits per heavy atom. The van der Waals surface area contributed by atoms with Crippen molar-refractivity contribution in [1.29, 1.82) is 5.26 Å². The van der Waals surface area contributed by atoms with Gasteiger partial charge in [0.05, 0.1) is 11.1 Å². The van der Waals surface area contributed by atoms with Crippen molar-refractivity contribution in [1.82, 2.24) is 9.97 Å². The lowest BCUT2D eigenvalue weighted by Gasteiger charge is -2.41. The summed E-state index contributed by atoms with van der Waals surface area (Å²) in [5.41, 5.74) is 8.06. The third kappa shape index (κ3) is 1.75. The van der Waals surface area contributed by atoms with E-state index in [1.807, 2.05) is 25.1 Å². The van der Waals surface area contributed by atoms with Gasteiger partial charge < -0.3 is 5.73 Å². The monoisotopic (exact) mass is 264 g/mol. The molecule has 0 atom stereocenters. The van der Waals surface area contributed by atoms with Gasteiger partial charge in [0.25, 0.3) is 0 Å². The van der Waals surface area contributed by atoms with Crippen LogP contribution in [0.2, 0.25) is 0 Å². The smallest absolute Gasteiger partial charge is 0.145 e. The van der Waals surface area contributed by atoms with Crippen molar-refractivity contribution in [2.45, 2.75) is 31.6 Å². The van der Waals surface area contributed by atoms with Crippen molar-refractivity contribution in [3.8, 4) is 6.07 Å². The van der Waals surface area contributed by atoms with Crippen LogP contribution in [0, 0.1) is 18.3 Å². The maximum atomic E-state index is 9.07. The lowest BCUT2D eigenvalue weighted by Crippen LogP contribution is -2.37. The summed E-state index contributed by atoms with van der Waals surface area (Å²) in [5.74, 6) is 1.04. The average Bonchev–Trinajstić information content (AvgIpc) is 2.38. The highest BCUT2D eigenvalue weighted by atomic mass is 15.0. The number of aromatic nitrogens is 2. The number of benzene rings is 1. The molecule has 1 heterocycles. The van der Waals surface area contributed by atoms with E-state index in [1.165, 1.54) is 5.56 Å². The zero-order valence-corrected chi connectivity index (χ0v) is 11.4. The van der Waals surface area contributed by atoms with Gasteiger partial charge in [-0.3, -0.25) is 0 Å². The molecule has 1 aromatic heterocycles. The van der Waals surface area contributed by atoms with Crippen molar-refractivity contribution in [2.75, 3.05) is 5.73 Å². The van der Waals surface area contributed by atoms with Gasteiger partial charge in [-0.1, -0.05) is 36.8 Å². The molecule has 0 amide bonds. The van der Waals surface area contributed by atoms with E-state index in [0.717, 1.165) is 25.1 Å². The first kappa shape index (κ1) is 12.6. The molecule has 0 aliphatic heterocycles. The van der Waals surface area contributed by atoms with Crippen LogP contribution >= 0.6 is 0 Å². The molecule has 1 aliphatic rings. The predicted molar refractivity (Wildman–Crippen MR) is 77.0 cm³/mol. The number of aryl methyl sites for hydroxylation is 1. The van der Waals surface area contributed by atoms with Crippen LogP contribution in [0.1, 0.15) is 41.9 Å². The van der Waals surface area contributed by atoms with Crippen LogP contribution in [0.4, 0.5) is 5.82 Å². The lowest BCUT2D eigenvalue weighted by atomic mass is 9.64. The van der Waals surface area contributed by atoms with Gasteiger partial charge in [0, 0.05) is 0 Å². The van der Waals surface area contributed by atoms with Crippen LogP contribution in [-0.4, -0.2) is 9.97 Å². The molecular formula is C16H16N4. The number of nitriles is 1. The van der Waals surface area contributed by atoms with Crippen molar-refractivity contribution in [3.63, 3.8) is 0 Å². The van der Waals surface area contributed by atoms with Gasteiger partial charge in [-0.05, 0) is 25.3 Å². The fourth-order valence-corrected chi connectivity index (χ4v) is 2.88. The normalized spacial score (nSPS) is 16.2. The molecule has 100 valence electrons. The van der Waals surface area contributed by atoms with E-state index in [1.54, 1.807) is 0 Å². The highest BCUT2D eigenvalue weighted by Gasteiger charge is 2.43. The number of hydrogen-bond acceptors (Lipinski definition) is 4. The Hall–Kier alpha value is -2.41. The topological polar surface area (TPSA) is 75.6 Å². The summed E-state index contributed by atoms with van der Waals surface area (Å²) in [6.07, 6.45) is 3.22. The largest absolute Gasteiger partial charge is 0.382 e. The fourth-order valence-electron chi connectivity index (χ4n) is 2.88. The van der Waals surface area contributed by atoms with Gasteiger partial charge in [0.1, 0.15) is 23.3 Å². The molecule has 0 radical (unpaired) electrons. The van der Waals surface area contributed by atoms with Crippen LogP contribution in [0.5, 0.6) is 0 Å². The molecule has 4 nitrogen and oxygen atoms in total. The molecule has 0 spiro atoms. The molecule has 0 unspecified atom stereocenters. The number of anilines is 1. The third-order valence-corrected chi connectivity index (χ3v) is 4.19. The lowest BCUT2D eigenvalue weighted by molar-refractivity contribution is 0.285. The van der Waals surface area contributed by atoms with Gasteiger partial charge in [-0.15, -0.1) is 0 Å². The number of nitrogens with zero attached hydrogens (tertiary/aromatic N) is 3. The fraction of sp³-hybridized carbons (Fsp3) is 0.312. The second-order valence-electron chi connectivity index (χ2n) is 5.31. The number of rotatable bonds is 2. The van der Waals surface area contributed by atoms with E-state index in [9.17, 15) is 0 Å². The van der Waals surface area contributed by atoms with Crippen molar-refractivity contribution in [2.24, 2.45) is 0 Å². The molecule has 2 N–H and O–H groups in total. The SMILES string of the molecule is Cc1nc(C2(c3ccccc3)CCC2)nc(N)c1C#N. The summed E-state index contributed by atoms with van der Waals surface area (Å²) in [7, 11) is 0. The summed E-state index contributed by atoms with van der Waals surface area (Å²) in [5, 5.41) is 9.07. The Kier molecular flexibility index (Phi) is 2.90. The molecule has 3 rings (SSSR count). The maximum Gasteiger partial charge on any atom is 0.145 e. The van der Waals surface area contributed by atoms with Gasteiger partial charge in [-0.2, -0.15) is 5.26 Å². The van der Waals surface area contributed by atoms with Crippen LogP contribution in [0.3, 0.4) is 0 Å². The van der Waals surface area contributed by atoms with E-state index in [4.69, 9.17) is 11.0 Å². The van der Waals surface area contributed by atoms with Crippen LogP contribution in [0.15, 0.2) is 30.3 Å². The molecule has 4 heteroatoms. The quantitative estimate of drug-likeness (QED) is 0.904. The van der Waals surface area contributed by atoms with Gasteiger partial charge in [0.2, 0.25) is 0 Å².